The van der Waals surface area contributed by atoms with Crippen LogP contribution in [0.3, 0.4) is 0 Å². The van der Waals surface area contributed by atoms with Gasteiger partial charge in [0.25, 0.3) is 11.5 Å². The predicted molar refractivity (Wildman–Crippen MR) is 124 cm³/mol. The van der Waals surface area contributed by atoms with Crippen molar-refractivity contribution in [2.45, 2.75) is 19.1 Å². The van der Waals surface area contributed by atoms with Crippen LogP contribution < -0.4 is 10.9 Å². The summed E-state index contributed by atoms with van der Waals surface area (Å²) in [5.74, 6) is -0.830. The van der Waals surface area contributed by atoms with E-state index in [9.17, 15) is 27.2 Å². The van der Waals surface area contributed by atoms with Gasteiger partial charge in [0.2, 0.25) is 0 Å². The quantitative estimate of drug-likeness (QED) is 0.348. The fraction of sp³-hybridized carbons (Fsp3) is 0.120. The van der Waals surface area contributed by atoms with Crippen molar-refractivity contribution in [3.63, 3.8) is 0 Å². The number of hydrogen-bond acceptors (Lipinski definition) is 4. The monoisotopic (exact) mass is 495 g/mol. The van der Waals surface area contributed by atoms with Crippen LogP contribution in [0.4, 0.5) is 17.6 Å². The van der Waals surface area contributed by atoms with Crippen molar-refractivity contribution in [2.75, 3.05) is 0 Å². The summed E-state index contributed by atoms with van der Waals surface area (Å²) in [5, 5.41) is 9.76. The highest BCUT2D eigenvalue weighted by Crippen LogP contribution is 2.32. The summed E-state index contributed by atoms with van der Waals surface area (Å²) >= 11 is 0. The number of halogens is 4. The van der Waals surface area contributed by atoms with Crippen molar-refractivity contribution in [1.82, 2.24) is 25.1 Å². The van der Waals surface area contributed by atoms with Crippen molar-refractivity contribution in [3.8, 4) is 11.3 Å². The second-order valence-corrected chi connectivity index (χ2v) is 8.19. The number of benzene rings is 3. The highest BCUT2D eigenvalue weighted by atomic mass is 19.4. The molecular weight excluding hydrogens is 478 g/mol. The van der Waals surface area contributed by atoms with E-state index in [1.807, 2.05) is 0 Å². The molecule has 1 amide bonds. The lowest BCUT2D eigenvalue weighted by molar-refractivity contribution is -0.137. The molecule has 2 N–H and O–H groups in total. The van der Waals surface area contributed by atoms with E-state index in [1.54, 1.807) is 19.1 Å². The van der Waals surface area contributed by atoms with Crippen LogP contribution in [-0.4, -0.2) is 25.7 Å². The number of aromatic nitrogens is 4. The Bertz CT molecular complexity index is 1670. The molecule has 0 saturated carbocycles. The van der Waals surface area contributed by atoms with E-state index in [0.717, 1.165) is 12.1 Å². The molecule has 0 aliphatic rings. The second-order valence-electron chi connectivity index (χ2n) is 8.19. The number of alkyl halides is 3. The van der Waals surface area contributed by atoms with Crippen LogP contribution in [0.1, 0.15) is 34.5 Å². The van der Waals surface area contributed by atoms with E-state index in [2.05, 4.69) is 20.6 Å². The molecular formula is C25H17F4N5O2. The van der Waals surface area contributed by atoms with Gasteiger partial charge in [-0.2, -0.15) is 23.3 Å². The maximum atomic E-state index is 13.2. The van der Waals surface area contributed by atoms with Crippen LogP contribution in [0.2, 0.25) is 0 Å². The number of hydrogen-bond donors (Lipinski definition) is 2. The molecule has 0 unspecified atom stereocenters. The number of nitrogens with zero attached hydrogens (tertiary/aromatic N) is 3. The summed E-state index contributed by atoms with van der Waals surface area (Å²) in [6.45, 7) is 1.75. The Labute approximate surface area is 200 Å². The fourth-order valence-corrected chi connectivity index (χ4v) is 3.92. The van der Waals surface area contributed by atoms with Crippen LogP contribution in [0.15, 0.2) is 71.5 Å². The van der Waals surface area contributed by atoms with E-state index < -0.39 is 29.2 Å². The summed E-state index contributed by atoms with van der Waals surface area (Å²) in [7, 11) is 0. The third-order valence-corrected chi connectivity index (χ3v) is 5.81. The Kier molecular flexibility index (Phi) is 5.54. The molecule has 0 bridgehead atoms. The Morgan fingerprint density at radius 2 is 1.81 bits per heavy atom. The zero-order valence-corrected chi connectivity index (χ0v) is 18.6. The van der Waals surface area contributed by atoms with Gasteiger partial charge in [0, 0.05) is 11.1 Å². The van der Waals surface area contributed by atoms with Gasteiger partial charge in [-0.15, -0.1) is 0 Å². The molecule has 0 fully saturated rings. The molecule has 3 aromatic carbocycles. The zero-order chi connectivity index (χ0) is 25.6. The number of carbonyl (C=O) groups excluding carboxylic acids is 1. The molecule has 2 heterocycles. The third kappa shape index (κ3) is 4.19. The van der Waals surface area contributed by atoms with Crippen LogP contribution >= 0.6 is 0 Å². The first-order valence-corrected chi connectivity index (χ1v) is 10.8. The minimum atomic E-state index is -4.55. The Morgan fingerprint density at radius 1 is 1.06 bits per heavy atom. The van der Waals surface area contributed by atoms with E-state index >= 15 is 0 Å². The molecule has 0 saturated heterocycles. The minimum absolute atomic E-state index is 0.0177. The van der Waals surface area contributed by atoms with Gasteiger partial charge in [-0.1, -0.05) is 24.3 Å². The third-order valence-electron chi connectivity index (χ3n) is 5.81. The van der Waals surface area contributed by atoms with E-state index in [4.69, 9.17) is 0 Å². The molecule has 36 heavy (non-hydrogen) atoms. The van der Waals surface area contributed by atoms with Gasteiger partial charge in [0.1, 0.15) is 11.5 Å². The number of carbonyl (C=O) groups is 1. The van der Waals surface area contributed by atoms with Gasteiger partial charge < -0.3 is 5.32 Å². The SMILES string of the molecule is C[C@@H](NC(=O)c1ccc2c(=O)nc3c(-c4cccc(C(F)(F)F)c4)n[nH]n3c2c1)c1ccc(F)cc1. The standard InChI is InChI=1S/C25H17F4N5O2/c1-13(14-5-8-18(26)9-6-14)30-23(35)16-7-10-19-20(12-16)34-22(31-24(19)36)21(32-33-34)15-3-2-4-17(11-15)25(27,28)29/h2-13,33H,1H3,(H,30,35)/t13-/m1/s1. The summed E-state index contributed by atoms with van der Waals surface area (Å²) in [5.41, 5.74) is -0.0814. The summed E-state index contributed by atoms with van der Waals surface area (Å²) < 4.78 is 54.1. The number of rotatable bonds is 4. The number of H-pyrrole nitrogens is 1. The highest BCUT2D eigenvalue weighted by Gasteiger charge is 2.31. The highest BCUT2D eigenvalue weighted by molar-refractivity contribution is 5.98. The molecule has 5 aromatic rings. The van der Waals surface area contributed by atoms with Crippen molar-refractivity contribution in [2.24, 2.45) is 0 Å². The molecule has 182 valence electrons. The van der Waals surface area contributed by atoms with Crippen molar-refractivity contribution in [3.05, 3.63) is 99.6 Å². The van der Waals surface area contributed by atoms with Gasteiger partial charge in [-0.05, 0) is 55.0 Å². The lowest BCUT2D eigenvalue weighted by Gasteiger charge is -2.14. The normalized spacial score (nSPS) is 12.7. The number of aromatic amines is 1. The molecule has 1 atom stereocenters. The van der Waals surface area contributed by atoms with Crippen LogP contribution in [0, 0.1) is 5.82 Å². The van der Waals surface area contributed by atoms with Crippen LogP contribution in [0.5, 0.6) is 0 Å². The smallest absolute Gasteiger partial charge is 0.346 e. The Balaban J connectivity index is 1.55. The lowest BCUT2D eigenvalue weighted by Crippen LogP contribution is -2.26. The van der Waals surface area contributed by atoms with Crippen molar-refractivity contribution >= 4 is 22.5 Å². The zero-order valence-electron chi connectivity index (χ0n) is 18.6. The van der Waals surface area contributed by atoms with E-state index in [0.29, 0.717) is 5.56 Å². The van der Waals surface area contributed by atoms with Crippen LogP contribution in [-0.2, 0) is 6.18 Å². The fourth-order valence-electron chi connectivity index (χ4n) is 3.92. The van der Waals surface area contributed by atoms with E-state index in [1.165, 1.54) is 47.0 Å². The van der Waals surface area contributed by atoms with E-state index in [-0.39, 0.29) is 39.2 Å². The molecule has 11 heteroatoms. The summed E-state index contributed by atoms with van der Waals surface area (Å²) in [4.78, 5) is 29.6. The first-order valence-electron chi connectivity index (χ1n) is 10.8. The average Bonchev–Trinajstić information content (AvgIpc) is 3.27. The molecule has 0 spiro atoms. The van der Waals surface area contributed by atoms with Gasteiger partial charge in [-0.25, -0.2) is 14.1 Å². The number of amides is 1. The molecule has 0 aliphatic heterocycles. The number of fused-ring (bicyclic) bond motifs is 3. The van der Waals surface area contributed by atoms with Gasteiger partial charge >= 0.3 is 6.18 Å². The Hall–Kier alpha value is -4.54. The first kappa shape index (κ1) is 23.2. The van der Waals surface area contributed by atoms with Gasteiger partial charge in [-0.3, -0.25) is 9.59 Å². The summed E-state index contributed by atoms with van der Waals surface area (Å²) in [6, 6.07) is 14.2. The minimum Gasteiger partial charge on any atom is -0.346 e. The summed E-state index contributed by atoms with van der Waals surface area (Å²) in [6.07, 6.45) is -4.55. The maximum Gasteiger partial charge on any atom is 0.416 e. The maximum absolute atomic E-state index is 13.2. The largest absolute Gasteiger partial charge is 0.416 e. The van der Waals surface area contributed by atoms with Crippen LogP contribution in [0.25, 0.3) is 27.8 Å². The Morgan fingerprint density at radius 3 is 2.53 bits per heavy atom. The van der Waals surface area contributed by atoms with Crippen molar-refractivity contribution in [1.29, 1.82) is 0 Å². The molecule has 2 aromatic heterocycles. The average molecular weight is 495 g/mol. The van der Waals surface area contributed by atoms with Crippen molar-refractivity contribution < 1.29 is 22.4 Å². The molecule has 5 rings (SSSR count). The topological polar surface area (TPSA) is 92.2 Å². The lowest BCUT2D eigenvalue weighted by atomic mass is 10.1. The first-order chi connectivity index (χ1) is 17.1. The number of nitrogens with one attached hydrogen (secondary N) is 2. The van der Waals surface area contributed by atoms with Gasteiger partial charge in [0.15, 0.2) is 5.65 Å². The van der Waals surface area contributed by atoms with Gasteiger partial charge in [0.05, 0.1) is 22.5 Å². The molecule has 7 nitrogen and oxygen atoms in total. The molecule has 0 radical (unpaired) electrons. The predicted octanol–water partition coefficient (Wildman–Crippen LogP) is 4.89. The molecule has 0 aliphatic carbocycles. The second kappa shape index (κ2) is 8.59.